The number of carboxylic acid groups (broad SMARTS) is 1. The van der Waals surface area contributed by atoms with Gasteiger partial charge in [0.05, 0.1) is 6.42 Å². The van der Waals surface area contributed by atoms with Crippen molar-refractivity contribution in [3.05, 3.63) is 17.0 Å². The standard InChI is InChI=1S/C10H15NO4S2/c1-10(2,3)11-17(14,15)9-5-4-7(16-9)6-8(12)13/h4-5,11H,6H2,1-3H3,(H,12,13). The molecule has 0 amide bonds. The number of nitrogens with one attached hydrogen (secondary N) is 1. The summed E-state index contributed by atoms with van der Waals surface area (Å²) in [6.07, 6.45) is -0.157. The van der Waals surface area contributed by atoms with E-state index in [1.807, 2.05) is 0 Å². The highest BCUT2D eigenvalue weighted by atomic mass is 32.2. The molecule has 5 nitrogen and oxygen atoms in total. The molecule has 1 rings (SSSR count). The Hall–Kier alpha value is -0.920. The van der Waals surface area contributed by atoms with Gasteiger partial charge in [0.25, 0.3) is 10.0 Å². The van der Waals surface area contributed by atoms with Crippen LogP contribution in [0.3, 0.4) is 0 Å². The van der Waals surface area contributed by atoms with Gasteiger partial charge in [0.15, 0.2) is 0 Å². The summed E-state index contributed by atoms with van der Waals surface area (Å²) >= 11 is 0.978. The van der Waals surface area contributed by atoms with E-state index >= 15 is 0 Å². The average Bonchev–Trinajstić information content (AvgIpc) is 2.46. The third kappa shape index (κ3) is 4.45. The molecule has 0 aliphatic rings. The molecular weight excluding hydrogens is 262 g/mol. The molecule has 0 bridgehead atoms. The predicted molar refractivity (Wildman–Crippen MR) is 65.7 cm³/mol. The quantitative estimate of drug-likeness (QED) is 0.872. The Morgan fingerprint density at radius 2 is 2.00 bits per heavy atom. The molecule has 1 aromatic heterocycles. The summed E-state index contributed by atoms with van der Waals surface area (Å²) in [4.78, 5) is 11.0. The molecule has 0 unspecified atom stereocenters. The second-order valence-electron chi connectivity index (χ2n) is 4.65. The van der Waals surface area contributed by atoms with Crippen molar-refractivity contribution in [3.8, 4) is 0 Å². The number of carboxylic acids is 1. The van der Waals surface area contributed by atoms with Crippen molar-refractivity contribution in [2.24, 2.45) is 0 Å². The third-order valence-electron chi connectivity index (χ3n) is 1.67. The highest BCUT2D eigenvalue weighted by molar-refractivity contribution is 7.91. The number of hydrogen-bond donors (Lipinski definition) is 2. The van der Waals surface area contributed by atoms with Gasteiger partial charge in [-0.2, -0.15) is 0 Å². The molecule has 7 heteroatoms. The van der Waals surface area contributed by atoms with Crippen molar-refractivity contribution in [1.29, 1.82) is 0 Å². The molecule has 0 spiro atoms. The van der Waals surface area contributed by atoms with Crippen LogP contribution in [0.15, 0.2) is 16.3 Å². The van der Waals surface area contributed by atoms with Crippen molar-refractivity contribution in [2.75, 3.05) is 0 Å². The van der Waals surface area contributed by atoms with Crippen LogP contribution in [0.25, 0.3) is 0 Å². The van der Waals surface area contributed by atoms with Gasteiger partial charge in [-0.1, -0.05) is 0 Å². The minimum Gasteiger partial charge on any atom is -0.481 e. The van der Waals surface area contributed by atoms with Crippen LogP contribution in [-0.4, -0.2) is 25.0 Å². The smallest absolute Gasteiger partial charge is 0.308 e. The van der Waals surface area contributed by atoms with Crippen molar-refractivity contribution in [2.45, 2.75) is 36.9 Å². The molecule has 0 saturated heterocycles. The molecule has 0 aromatic carbocycles. The fraction of sp³-hybridized carbons (Fsp3) is 0.500. The Kier molecular flexibility index (Phi) is 3.95. The lowest BCUT2D eigenvalue weighted by molar-refractivity contribution is -0.136. The number of thiophene rings is 1. The summed E-state index contributed by atoms with van der Waals surface area (Å²) in [6, 6.07) is 2.95. The van der Waals surface area contributed by atoms with Gasteiger partial charge in [-0.3, -0.25) is 4.79 Å². The number of sulfonamides is 1. The van der Waals surface area contributed by atoms with Crippen LogP contribution in [-0.2, 0) is 21.2 Å². The van der Waals surface area contributed by atoms with Gasteiger partial charge in [-0.05, 0) is 32.9 Å². The maximum atomic E-state index is 11.9. The zero-order valence-corrected chi connectivity index (χ0v) is 11.5. The third-order valence-corrected chi connectivity index (χ3v) is 5.00. The van der Waals surface area contributed by atoms with Gasteiger partial charge in [-0.25, -0.2) is 13.1 Å². The molecular formula is C10H15NO4S2. The summed E-state index contributed by atoms with van der Waals surface area (Å²) < 4.78 is 26.5. The molecule has 0 saturated carbocycles. The van der Waals surface area contributed by atoms with E-state index in [0.717, 1.165) is 11.3 Å². The van der Waals surface area contributed by atoms with Gasteiger partial charge < -0.3 is 5.11 Å². The largest absolute Gasteiger partial charge is 0.481 e. The van der Waals surface area contributed by atoms with Gasteiger partial charge in [0.2, 0.25) is 0 Å². The van der Waals surface area contributed by atoms with Gasteiger partial charge in [0, 0.05) is 10.4 Å². The highest BCUT2D eigenvalue weighted by Gasteiger charge is 2.23. The van der Waals surface area contributed by atoms with Crippen LogP contribution in [0.1, 0.15) is 25.6 Å². The second-order valence-corrected chi connectivity index (χ2v) is 7.72. The second kappa shape index (κ2) is 4.75. The summed E-state index contributed by atoms with van der Waals surface area (Å²) in [6.45, 7) is 5.24. The fourth-order valence-corrected chi connectivity index (χ4v) is 3.97. The molecule has 96 valence electrons. The zero-order chi connectivity index (χ0) is 13.3. The SMILES string of the molecule is CC(C)(C)NS(=O)(=O)c1ccc(CC(=O)O)s1. The molecule has 0 aliphatic heterocycles. The Labute approximate surface area is 105 Å². The van der Waals surface area contributed by atoms with E-state index in [1.165, 1.54) is 12.1 Å². The molecule has 0 radical (unpaired) electrons. The molecule has 0 atom stereocenters. The summed E-state index contributed by atoms with van der Waals surface area (Å²) in [5.41, 5.74) is -0.560. The van der Waals surface area contributed by atoms with Crippen molar-refractivity contribution in [1.82, 2.24) is 4.72 Å². The monoisotopic (exact) mass is 277 g/mol. The first kappa shape index (κ1) is 14.1. The lowest BCUT2D eigenvalue weighted by Crippen LogP contribution is -2.40. The molecule has 2 N–H and O–H groups in total. The first-order valence-corrected chi connectivity index (χ1v) is 7.25. The van der Waals surface area contributed by atoms with E-state index in [0.29, 0.717) is 4.88 Å². The van der Waals surface area contributed by atoms with Gasteiger partial charge in [0.1, 0.15) is 4.21 Å². The fourth-order valence-electron chi connectivity index (χ4n) is 1.20. The first-order chi connectivity index (χ1) is 7.60. The number of carbonyl (C=O) groups is 1. The van der Waals surface area contributed by atoms with E-state index in [4.69, 9.17) is 5.11 Å². The summed E-state index contributed by atoms with van der Waals surface area (Å²) in [7, 11) is -3.56. The highest BCUT2D eigenvalue weighted by Crippen LogP contribution is 2.23. The topological polar surface area (TPSA) is 83.5 Å². The van der Waals surface area contributed by atoms with Crippen LogP contribution in [0, 0.1) is 0 Å². The van der Waals surface area contributed by atoms with Gasteiger partial charge in [-0.15, -0.1) is 11.3 Å². The molecule has 0 aliphatic carbocycles. The maximum Gasteiger partial charge on any atom is 0.308 e. The van der Waals surface area contributed by atoms with E-state index in [2.05, 4.69) is 4.72 Å². The molecule has 1 aromatic rings. The molecule has 17 heavy (non-hydrogen) atoms. The Balaban J connectivity index is 2.93. The molecule has 0 fully saturated rings. The average molecular weight is 277 g/mol. The number of rotatable bonds is 4. The maximum absolute atomic E-state index is 11.9. The number of hydrogen-bond acceptors (Lipinski definition) is 4. The Bertz CT molecular complexity index is 511. The van der Waals surface area contributed by atoms with E-state index in [-0.39, 0.29) is 10.6 Å². The Morgan fingerprint density at radius 1 is 1.41 bits per heavy atom. The normalized spacial score (nSPS) is 12.6. The van der Waals surface area contributed by atoms with Crippen LogP contribution in [0.2, 0.25) is 0 Å². The summed E-state index contributed by atoms with van der Waals surface area (Å²) in [5, 5.41) is 8.61. The summed E-state index contributed by atoms with van der Waals surface area (Å²) in [5.74, 6) is -0.973. The first-order valence-electron chi connectivity index (χ1n) is 4.95. The predicted octanol–water partition coefficient (Wildman–Crippen LogP) is 1.45. The number of aliphatic carboxylic acids is 1. The van der Waals surface area contributed by atoms with Gasteiger partial charge >= 0.3 is 5.97 Å². The van der Waals surface area contributed by atoms with E-state index in [1.54, 1.807) is 20.8 Å². The van der Waals surface area contributed by atoms with Crippen LogP contribution in [0.5, 0.6) is 0 Å². The lowest BCUT2D eigenvalue weighted by atomic mass is 10.1. The van der Waals surface area contributed by atoms with E-state index in [9.17, 15) is 13.2 Å². The van der Waals surface area contributed by atoms with Crippen LogP contribution < -0.4 is 4.72 Å². The van der Waals surface area contributed by atoms with Crippen molar-refractivity contribution in [3.63, 3.8) is 0 Å². The van der Waals surface area contributed by atoms with Crippen molar-refractivity contribution >= 4 is 27.3 Å². The van der Waals surface area contributed by atoms with Crippen molar-refractivity contribution < 1.29 is 18.3 Å². The Morgan fingerprint density at radius 3 is 2.47 bits per heavy atom. The molecule has 1 heterocycles. The minimum absolute atomic E-state index is 0.142. The lowest BCUT2D eigenvalue weighted by Gasteiger charge is -2.19. The zero-order valence-electron chi connectivity index (χ0n) is 9.85. The minimum atomic E-state index is -3.56. The van der Waals surface area contributed by atoms with E-state index < -0.39 is 21.5 Å². The van der Waals surface area contributed by atoms with Crippen LogP contribution in [0.4, 0.5) is 0 Å². The van der Waals surface area contributed by atoms with Crippen LogP contribution >= 0.6 is 11.3 Å².